The van der Waals surface area contributed by atoms with Gasteiger partial charge in [0, 0.05) is 16.2 Å². The van der Waals surface area contributed by atoms with E-state index in [1.54, 1.807) is 16.4 Å². The van der Waals surface area contributed by atoms with Crippen LogP contribution in [0.2, 0.25) is 0 Å². The van der Waals surface area contributed by atoms with Crippen molar-refractivity contribution in [3.63, 3.8) is 0 Å². The van der Waals surface area contributed by atoms with Crippen molar-refractivity contribution in [2.75, 3.05) is 19.6 Å². The quantitative estimate of drug-likeness (QED) is 0.796. The van der Waals surface area contributed by atoms with E-state index >= 15 is 0 Å². The number of benzene rings is 1. The highest BCUT2D eigenvalue weighted by Crippen LogP contribution is 2.22. The smallest absolute Gasteiger partial charge is 0.243 e. The highest BCUT2D eigenvalue weighted by molar-refractivity contribution is 14.1. The molecule has 1 heterocycles. The van der Waals surface area contributed by atoms with Gasteiger partial charge in [0.25, 0.3) is 0 Å². The van der Waals surface area contributed by atoms with Crippen molar-refractivity contribution in [3.8, 4) is 0 Å². The Bertz CT molecular complexity index is 510. The molecule has 0 unspecified atom stereocenters. The van der Waals surface area contributed by atoms with Gasteiger partial charge in [0.2, 0.25) is 10.0 Å². The second-order valence-electron chi connectivity index (χ2n) is 4.64. The van der Waals surface area contributed by atoms with Gasteiger partial charge in [0.15, 0.2) is 0 Å². The van der Waals surface area contributed by atoms with E-state index in [9.17, 15) is 8.42 Å². The van der Waals surface area contributed by atoms with Crippen LogP contribution >= 0.6 is 22.6 Å². The zero-order chi connectivity index (χ0) is 13.9. The lowest BCUT2D eigenvalue weighted by molar-refractivity contribution is 0.271. The molecule has 106 valence electrons. The zero-order valence-corrected chi connectivity index (χ0v) is 13.9. The van der Waals surface area contributed by atoms with Gasteiger partial charge in [-0.05, 0) is 72.8 Å². The molecule has 1 saturated heterocycles. The molecule has 0 atom stereocenters. The van der Waals surface area contributed by atoms with Crippen LogP contribution in [0.15, 0.2) is 29.2 Å². The van der Waals surface area contributed by atoms with E-state index in [0.29, 0.717) is 11.4 Å². The molecule has 19 heavy (non-hydrogen) atoms. The highest BCUT2D eigenvalue weighted by atomic mass is 127. The number of hydrogen-bond acceptors (Lipinski definition) is 3. The van der Waals surface area contributed by atoms with Crippen molar-refractivity contribution < 1.29 is 8.42 Å². The van der Waals surface area contributed by atoms with Gasteiger partial charge in [-0.15, -0.1) is 0 Å². The van der Waals surface area contributed by atoms with Crippen LogP contribution < -0.4 is 5.32 Å². The van der Waals surface area contributed by atoms with E-state index < -0.39 is 10.0 Å². The van der Waals surface area contributed by atoms with Crippen molar-refractivity contribution in [1.82, 2.24) is 9.62 Å². The van der Waals surface area contributed by atoms with E-state index in [1.807, 2.05) is 19.1 Å². The predicted octanol–water partition coefficient (Wildman–Crippen LogP) is 2.05. The fourth-order valence-electron chi connectivity index (χ4n) is 2.46. The fraction of sp³-hybridized carbons (Fsp3) is 0.538. The Morgan fingerprint density at radius 2 is 1.84 bits per heavy atom. The van der Waals surface area contributed by atoms with Gasteiger partial charge in [-0.3, -0.25) is 0 Å². The van der Waals surface area contributed by atoms with Crippen molar-refractivity contribution in [2.45, 2.75) is 30.7 Å². The van der Waals surface area contributed by atoms with Crippen LogP contribution in [0.1, 0.15) is 19.8 Å². The van der Waals surface area contributed by atoms with Gasteiger partial charge in [-0.25, -0.2) is 8.42 Å². The summed E-state index contributed by atoms with van der Waals surface area (Å²) in [4.78, 5) is 0.397. The molecule has 1 aliphatic rings. The average Bonchev–Trinajstić information content (AvgIpc) is 2.41. The van der Waals surface area contributed by atoms with Crippen LogP contribution in [0.3, 0.4) is 0 Å². The molecular weight excluding hydrogens is 375 g/mol. The minimum absolute atomic E-state index is 0.121. The first-order valence-electron chi connectivity index (χ1n) is 6.54. The van der Waals surface area contributed by atoms with Gasteiger partial charge < -0.3 is 5.32 Å². The number of sulfonamides is 1. The lowest BCUT2D eigenvalue weighted by Gasteiger charge is -2.32. The molecule has 4 nitrogen and oxygen atoms in total. The molecule has 0 aliphatic carbocycles. The summed E-state index contributed by atoms with van der Waals surface area (Å²) in [6, 6.07) is 7.19. The summed E-state index contributed by atoms with van der Waals surface area (Å²) in [6.45, 7) is 4.22. The van der Waals surface area contributed by atoms with Crippen molar-refractivity contribution in [2.24, 2.45) is 0 Å². The molecule has 0 saturated carbocycles. The highest BCUT2D eigenvalue weighted by Gasteiger charge is 2.30. The maximum absolute atomic E-state index is 12.7. The number of piperidine rings is 1. The van der Waals surface area contributed by atoms with E-state index in [0.717, 1.165) is 29.5 Å². The van der Waals surface area contributed by atoms with Crippen LogP contribution in [0.5, 0.6) is 0 Å². The Morgan fingerprint density at radius 3 is 2.37 bits per heavy atom. The lowest BCUT2D eigenvalue weighted by atomic mass is 10.1. The number of nitrogens with zero attached hydrogens (tertiary/aromatic N) is 1. The molecular formula is C13H19IN2O2S. The molecule has 1 aromatic rings. The molecule has 2 rings (SSSR count). The number of halogens is 1. The van der Waals surface area contributed by atoms with Crippen molar-refractivity contribution in [3.05, 3.63) is 27.8 Å². The molecule has 6 heteroatoms. The van der Waals surface area contributed by atoms with Gasteiger partial charge in [-0.2, -0.15) is 4.31 Å². The van der Waals surface area contributed by atoms with Crippen LogP contribution in [-0.2, 0) is 10.0 Å². The Hall–Kier alpha value is -0.180. The van der Waals surface area contributed by atoms with Crippen LogP contribution in [0, 0.1) is 3.57 Å². The molecule has 0 radical (unpaired) electrons. The van der Waals surface area contributed by atoms with E-state index in [-0.39, 0.29) is 6.04 Å². The summed E-state index contributed by atoms with van der Waals surface area (Å²) in [5, 5.41) is 3.27. The fourth-order valence-corrected chi connectivity index (χ4v) is 4.51. The molecule has 1 aromatic carbocycles. The van der Waals surface area contributed by atoms with Gasteiger partial charge >= 0.3 is 0 Å². The Morgan fingerprint density at radius 1 is 1.26 bits per heavy atom. The van der Waals surface area contributed by atoms with Crippen LogP contribution in [0.25, 0.3) is 0 Å². The third kappa shape index (κ3) is 3.48. The van der Waals surface area contributed by atoms with Crippen LogP contribution in [0.4, 0.5) is 0 Å². The summed E-state index contributed by atoms with van der Waals surface area (Å²) < 4.78 is 28.0. The maximum Gasteiger partial charge on any atom is 0.243 e. The van der Waals surface area contributed by atoms with E-state index in [4.69, 9.17) is 0 Å². The Labute approximate surface area is 128 Å². The third-order valence-corrected chi connectivity index (χ3v) is 6.21. The van der Waals surface area contributed by atoms with Gasteiger partial charge in [0.1, 0.15) is 0 Å². The molecule has 0 aromatic heterocycles. The third-order valence-electron chi connectivity index (χ3n) is 3.45. The summed E-state index contributed by atoms with van der Waals surface area (Å²) in [5.74, 6) is 0. The molecule has 0 bridgehead atoms. The van der Waals surface area contributed by atoms with Gasteiger partial charge in [0.05, 0.1) is 4.90 Å². The minimum Gasteiger partial charge on any atom is -0.317 e. The topological polar surface area (TPSA) is 49.4 Å². The van der Waals surface area contributed by atoms with Crippen molar-refractivity contribution >= 4 is 32.6 Å². The number of hydrogen-bond donors (Lipinski definition) is 1. The summed E-state index contributed by atoms with van der Waals surface area (Å²) >= 11 is 2.18. The monoisotopic (exact) mass is 394 g/mol. The SMILES string of the molecule is CCN(C1CCNCC1)S(=O)(=O)c1ccc(I)cc1. The van der Waals surface area contributed by atoms with Crippen LogP contribution in [-0.4, -0.2) is 38.4 Å². The largest absolute Gasteiger partial charge is 0.317 e. The average molecular weight is 394 g/mol. The summed E-state index contributed by atoms with van der Waals surface area (Å²) in [5.41, 5.74) is 0. The summed E-state index contributed by atoms with van der Waals surface area (Å²) in [6.07, 6.45) is 1.77. The second-order valence-corrected chi connectivity index (χ2v) is 7.78. The molecule has 1 N–H and O–H groups in total. The van der Waals surface area contributed by atoms with Crippen molar-refractivity contribution in [1.29, 1.82) is 0 Å². The number of nitrogens with one attached hydrogen (secondary N) is 1. The summed E-state index contributed by atoms with van der Waals surface area (Å²) in [7, 11) is -3.37. The van der Waals surface area contributed by atoms with E-state index in [2.05, 4.69) is 27.9 Å². The molecule has 1 fully saturated rings. The Balaban J connectivity index is 2.27. The molecule has 1 aliphatic heterocycles. The molecule has 0 amide bonds. The van der Waals surface area contributed by atoms with Gasteiger partial charge in [-0.1, -0.05) is 6.92 Å². The zero-order valence-electron chi connectivity index (χ0n) is 11.0. The predicted molar refractivity (Wildman–Crippen MR) is 84.6 cm³/mol. The maximum atomic E-state index is 12.7. The second kappa shape index (κ2) is 6.51. The normalized spacial score (nSPS) is 17.8. The standard InChI is InChI=1S/C13H19IN2O2S/c1-2-16(12-7-9-15-10-8-12)19(17,18)13-5-3-11(14)4-6-13/h3-6,12,15H,2,7-10H2,1H3. The molecule has 0 spiro atoms. The number of rotatable bonds is 4. The lowest BCUT2D eigenvalue weighted by Crippen LogP contribution is -2.45. The Kier molecular flexibility index (Phi) is 5.22. The first-order valence-corrected chi connectivity index (χ1v) is 9.05. The first-order chi connectivity index (χ1) is 9.05. The minimum atomic E-state index is -3.37. The first kappa shape index (κ1) is 15.2. The van der Waals surface area contributed by atoms with E-state index in [1.165, 1.54) is 0 Å².